The molecule has 1 aromatic carbocycles. The molecule has 0 bridgehead atoms. The smallest absolute Gasteiger partial charge is 0.223 e. The van der Waals surface area contributed by atoms with Crippen molar-refractivity contribution in [3.05, 3.63) is 23.3 Å². The van der Waals surface area contributed by atoms with Crippen molar-refractivity contribution in [3.63, 3.8) is 0 Å². The van der Waals surface area contributed by atoms with E-state index in [0.29, 0.717) is 0 Å². The fourth-order valence-corrected chi connectivity index (χ4v) is 6.65. The Labute approximate surface area is 191 Å². The second-order valence-electron chi connectivity index (χ2n) is 10.0. The van der Waals surface area contributed by atoms with Gasteiger partial charge in [-0.05, 0) is 75.1 Å². The molecule has 1 amide bonds. The zero-order chi connectivity index (χ0) is 22.0. The standard InChI is InChI=1S/C25H38N4OS/c1-17-13-20(4)23-22(14-17)31-25(27-23)29-10-6-21(7-11-29)24(30)26-8-5-9-28-15-18(2)12-19(3)16-28/h13-14,18-19,21H,5-12,15-16H2,1-4H3,(H,26,30)/t18-,19+. The van der Waals surface area contributed by atoms with Gasteiger partial charge in [-0.3, -0.25) is 4.79 Å². The molecular weight excluding hydrogens is 404 g/mol. The number of carbonyl (C=O) groups excluding carboxylic acids is 1. The topological polar surface area (TPSA) is 48.5 Å². The molecule has 3 heterocycles. The van der Waals surface area contributed by atoms with Crippen LogP contribution in [0.3, 0.4) is 0 Å². The summed E-state index contributed by atoms with van der Waals surface area (Å²) >= 11 is 1.78. The lowest BCUT2D eigenvalue weighted by Gasteiger charge is -2.35. The molecule has 0 aliphatic carbocycles. The predicted molar refractivity (Wildman–Crippen MR) is 131 cm³/mol. The first-order valence-electron chi connectivity index (χ1n) is 12.0. The van der Waals surface area contributed by atoms with Crippen molar-refractivity contribution in [1.82, 2.24) is 15.2 Å². The summed E-state index contributed by atoms with van der Waals surface area (Å²) in [6, 6.07) is 4.43. The molecule has 5 nitrogen and oxygen atoms in total. The monoisotopic (exact) mass is 442 g/mol. The minimum absolute atomic E-state index is 0.143. The summed E-state index contributed by atoms with van der Waals surface area (Å²) in [7, 11) is 0. The number of hydrogen-bond acceptors (Lipinski definition) is 5. The van der Waals surface area contributed by atoms with Gasteiger partial charge in [-0.2, -0.15) is 0 Å². The van der Waals surface area contributed by atoms with Crippen molar-refractivity contribution >= 4 is 32.6 Å². The van der Waals surface area contributed by atoms with E-state index in [-0.39, 0.29) is 11.8 Å². The molecule has 2 aliphatic rings. The quantitative estimate of drug-likeness (QED) is 0.664. The van der Waals surface area contributed by atoms with Gasteiger partial charge in [-0.25, -0.2) is 4.98 Å². The Morgan fingerprint density at radius 2 is 1.87 bits per heavy atom. The molecule has 2 fully saturated rings. The van der Waals surface area contributed by atoms with Crippen LogP contribution in [0, 0.1) is 31.6 Å². The lowest BCUT2D eigenvalue weighted by atomic mass is 9.92. The zero-order valence-electron chi connectivity index (χ0n) is 19.6. The second kappa shape index (κ2) is 9.86. The Kier molecular flexibility index (Phi) is 7.17. The van der Waals surface area contributed by atoms with Gasteiger partial charge in [-0.1, -0.05) is 31.3 Å². The highest BCUT2D eigenvalue weighted by Crippen LogP contribution is 2.33. The third kappa shape index (κ3) is 5.58. The number of nitrogens with zero attached hydrogens (tertiary/aromatic N) is 3. The minimum Gasteiger partial charge on any atom is -0.356 e. The van der Waals surface area contributed by atoms with Crippen LogP contribution in [-0.2, 0) is 4.79 Å². The lowest BCUT2D eigenvalue weighted by Crippen LogP contribution is -2.42. The van der Waals surface area contributed by atoms with Crippen molar-refractivity contribution in [3.8, 4) is 0 Å². The van der Waals surface area contributed by atoms with E-state index < -0.39 is 0 Å². The molecule has 6 heteroatoms. The van der Waals surface area contributed by atoms with Crippen molar-refractivity contribution in [2.45, 2.75) is 53.4 Å². The Morgan fingerprint density at radius 1 is 1.16 bits per heavy atom. The van der Waals surface area contributed by atoms with E-state index in [1.54, 1.807) is 11.3 Å². The van der Waals surface area contributed by atoms with E-state index in [1.807, 2.05) is 0 Å². The van der Waals surface area contributed by atoms with Gasteiger partial charge in [0.15, 0.2) is 5.13 Å². The molecular formula is C25H38N4OS. The van der Waals surface area contributed by atoms with Gasteiger partial charge in [0.1, 0.15) is 0 Å². The number of aryl methyl sites for hydroxylation is 2. The number of fused-ring (bicyclic) bond motifs is 1. The van der Waals surface area contributed by atoms with Crippen LogP contribution in [0.5, 0.6) is 0 Å². The first-order chi connectivity index (χ1) is 14.9. The van der Waals surface area contributed by atoms with E-state index in [2.05, 4.69) is 54.9 Å². The molecule has 2 aliphatic heterocycles. The van der Waals surface area contributed by atoms with Gasteiger partial charge in [0.2, 0.25) is 5.91 Å². The van der Waals surface area contributed by atoms with Crippen LogP contribution >= 0.6 is 11.3 Å². The van der Waals surface area contributed by atoms with Crippen molar-refractivity contribution in [1.29, 1.82) is 0 Å². The molecule has 2 atom stereocenters. The fourth-order valence-electron chi connectivity index (χ4n) is 5.46. The van der Waals surface area contributed by atoms with Crippen LogP contribution in [0.2, 0.25) is 0 Å². The first-order valence-corrected chi connectivity index (χ1v) is 12.8. The molecule has 2 saturated heterocycles. The first kappa shape index (κ1) is 22.5. The third-order valence-corrected chi connectivity index (χ3v) is 7.91. The molecule has 170 valence electrons. The third-order valence-electron chi connectivity index (χ3n) is 6.85. The molecule has 0 radical (unpaired) electrons. The molecule has 0 saturated carbocycles. The van der Waals surface area contributed by atoms with Crippen LogP contribution < -0.4 is 10.2 Å². The number of likely N-dealkylation sites (tertiary alicyclic amines) is 1. The van der Waals surface area contributed by atoms with Gasteiger partial charge in [0, 0.05) is 38.6 Å². The highest BCUT2D eigenvalue weighted by molar-refractivity contribution is 7.22. The SMILES string of the molecule is Cc1cc(C)c2nc(N3CCC(C(=O)NCCCN4C[C@H](C)C[C@H](C)C4)CC3)sc2c1. The van der Waals surface area contributed by atoms with E-state index in [4.69, 9.17) is 4.98 Å². The van der Waals surface area contributed by atoms with Gasteiger partial charge >= 0.3 is 0 Å². The molecule has 1 aromatic heterocycles. The Bertz CT molecular complexity index is 892. The number of nitrogens with one attached hydrogen (secondary N) is 1. The number of hydrogen-bond donors (Lipinski definition) is 1. The summed E-state index contributed by atoms with van der Waals surface area (Å²) in [5.74, 6) is 1.99. The van der Waals surface area contributed by atoms with E-state index in [0.717, 1.165) is 67.9 Å². The Balaban J connectivity index is 1.21. The Hall–Kier alpha value is -1.66. The maximum Gasteiger partial charge on any atom is 0.223 e. The largest absolute Gasteiger partial charge is 0.356 e. The van der Waals surface area contributed by atoms with E-state index >= 15 is 0 Å². The van der Waals surface area contributed by atoms with Gasteiger partial charge in [0.25, 0.3) is 0 Å². The minimum atomic E-state index is 0.143. The van der Waals surface area contributed by atoms with E-state index in [9.17, 15) is 4.79 Å². The molecule has 0 spiro atoms. The number of aromatic nitrogens is 1. The number of rotatable bonds is 6. The highest BCUT2D eigenvalue weighted by atomic mass is 32.1. The second-order valence-corrected chi connectivity index (χ2v) is 11.0. The maximum atomic E-state index is 12.7. The van der Waals surface area contributed by atoms with Gasteiger partial charge in [0.05, 0.1) is 10.2 Å². The molecule has 4 rings (SSSR count). The molecule has 31 heavy (non-hydrogen) atoms. The van der Waals surface area contributed by atoms with Crippen LogP contribution in [-0.4, -0.2) is 55.1 Å². The lowest BCUT2D eigenvalue weighted by molar-refractivity contribution is -0.125. The molecule has 2 aromatic rings. The maximum absolute atomic E-state index is 12.7. The average Bonchev–Trinajstić information content (AvgIpc) is 3.15. The Morgan fingerprint density at radius 3 is 2.58 bits per heavy atom. The molecule has 0 unspecified atom stereocenters. The van der Waals surface area contributed by atoms with Crippen LogP contribution in [0.1, 0.15) is 50.7 Å². The fraction of sp³-hybridized carbons (Fsp3) is 0.680. The summed E-state index contributed by atoms with van der Waals surface area (Å²) in [6.07, 6.45) is 4.23. The number of carbonyl (C=O) groups is 1. The van der Waals surface area contributed by atoms with Crippen LogP contribution in [0.4, 0.5) is 5.13 Å². The van der Waals surface area contributed by atoms with E-state index in [1.165, 1.54) is 35.3 Å². The van der Waals surface area contributed by atoms with Gasteiger partial charge in [-0.15, -0.1) is 0 Å². The number of thiazole rings is 1. The highest BCUT2D eigenvalue weighted by Gasteiger charge is 2.27. The van der Waals surface area contributed by atoms with Crippen LogP contribution in [0.25, 0.3) is 10.2 Å². The number of amides is 1. The summed E-state index contributed by atoms with van der Waals surface area (Å²) in [5, 5.41) is 4.31. The number of piperidine rings is 2. The summed E-state index contributed by atoms with van der Waals surface area (Å²) in [5.41, 5.74) is 3.67. The summed E-state index contributed by atoms with van der Waals surface area (Å²) in [4.78, 5) is 22.5. The predicted octanol–water partition coefficient (Wildman–Crippen LogP) is 4.61. The van der Waals surface area contributed by atoms with Gasteiger partial charge < -0.3 is 15.1 Å². The molecule has 1 N–H and O–H groups in total. The number of benzene rings is 1. The van der Waals surface area contributed by atoms with Crippen LogP contribution in [0.15, 0.2) is 12.1 Å². The average molecular weight is 443 g/mol. The number of anilines is 1. The normalized spacial score (nSPS) is 23.4. The van der Waals surface area contributed by atoms with Crippen molar-refractivity contribution in [2.75, 3.05) is 44.2 Å². The summed E-state index contributed by atoms with van der Waals surface area (Å²) < 4.78 is 1.27. The zero-order valence-corrected chi connectivity index (χ0v) is 20.4. The van der Waals surface area contributed by atoms with Crippen molar-refractivity contribution in [2.24, 2.45) is 17.8 Å². The summed E-state index contributed by atoms with van der Waals surface area (Å²) in [6.45, 7) is 15.1. The van der Waals surface area contributed by atoms with Crippen molar-refractivity contribution < 1.29 is 4.79 Å².